The largest absolute Gasteiger partial charge is 0.497 e. The summed E-state index contributed by atoms with van der Waals surface area (Å²) >= 11 is 0. The second-order valence-corrected chi connectivity index (χ2v) is 8.06. The lowest BCUT2D eigenvalue weighted by molar-refractivity contribution is 0.0650. The summed E-state index contributed by atoms with van der Waals surface area (Å²) in [5.74, 6) is 2.47. The molecular formula is C23H36N4O3. The van der Waals surface area contributed by atoms with E-state index in [0.29, 0.717) is 19.6 Å². The molecule has 0 saturated carbocycles. The summed E-state index contributed by atoms with van der Waals surface area (Å²) in [4.78, 5) is 6.70. The number of β-amino-alcohol motifs (C(OH)–C–C–N with tert-alkyl or cyclic N) is 1. The quantitative estimate of drug-likeness (QED) is 0.621. The van der Waals surface area contributed by atoms with E-state index in [-0.39, 0.29) is 6.61 Å². The van der Waals surface area contributed by atoms with Crippen LogP contribution in [0, 0.1) is 0 Å². The van der Waals surface area contributed by atoms with Gasteiger partial charge in [0.1, 0.15) is 30.0 Å². The standard InChI is InChI=1S/C23H36N4O3/c1-26-13-10-25-23(26)16-24-15-19-8-9-21(29-2)14-22(19)30-18-20(28)17-27-11-6-4-3-5-7-12-27/h8-10,13-14,20,24,28H,3-7,11-12,15-18H2,1-2H3. The van der Waals surface area contributed by atoms with Crippen LogP contribution >= 0.6 is 0 Å². The summed E-state index contributed by atoms with van der Waals surface area (Å²) in [6.45, 7) is 4.39. The fourth-order valence-electron chi connectivity index (χ4n) is 3.85. The predicted molar refractivity (Wildman–Crippen MR) is 118 cm³/mol. The fourth-order valence-corrected chi connectivity index (χ4v) is 3.85. The van der Waals surface area contributed by atoms with Crippen molar-refractivity contribution in [1.82, 2.24) is 19.8 Å². The van der Waals surface area contributed by atoms with E-state index in [1.165, 1.54) is 32.1 Å². The molecule has 2 aromatic rings. The van der Waals surface area contributed by atoms with E-state index in [4.69, 9.17) is 9.47 Å². The van der Waals surface area contributed by atoms with E-state index in [0.717, 1.165) is 36.0 Å². The van der Waals surface area contributed by atoms with Crippen molar-refractivity contribution in [2.45, 2.75) is 51.3 Å². The number of benzene rings is 1. The summed E-state index contributed by atoms with van der Waals surface area (Å²) in [6.07, 6.45) is 9.59. The molecule has 2 heterocycles. The molecule has 1 aliphatic heterocycles. The second kappa shape index (κ2) is 11.9. The average molecular weight is 417 g/mol. The number of nitrogens with zero attached hydrogens (tertiary/aromatic N) is 3. The van der Waals surface area contributed by atoms with Crippen LogP contribution in [-0.4, -0.2) is 59.0 Å². The Balaban J connectivity index is 1.53. The van der Waals surface area contributed by atoms with E-state index in [1.807, 2.05) is 36.0 Å². The molecule has 1 saturated heterocycles. The van der Waals surface area contributed by atoms with E-state index in [1.54, 1.807) is 13.3 Å². The number of methoxy groups -OCH3 is 1. The first-order valence-corrected chi connectivity index (χ1v) is 11.0. The monoisotopic (exact) mass is 416 g/mol. The van der Waals surface area contributed by atoms with Crippen molar-refractivity contribution >= 4 is 0 Å². The van der Waals surface area contributed by atoms with Crippen molar-refractivity contribution in [3.05, 3.63) is 42.0 Å². The number of imidazole rings is 1. The highest BCUT2D eigenvalue weighted by atomic mass is 16.5. The van der Waals surface area contributed by atoms with Gasteiger partial charge < -0.3 is 29.4 Å². The van der Waals surface area contributed by atoms with Crippen molar-refractivity contribution in [1.29, 1.82) is 0 Å². The molecule has 7 heteroatoms. The van der Waals surface area contributed by atoms with Gasteiger partial charge >= 0.3 is 0 Å². The molecule has 1 aromatic carbocycles. The van der Waals surface area contributed by atoms with Crippen LogP contribution in [0.3, 0.4) is 0 Å². The zero-order chi connectivity index (χ0) is 21.2. The van der Waals surface area contributed by atoms with E-state index in [9.17, 15) is 5.11 Å². The highest BCUT2D eigenvalue weighted by Gasteiger charge is 2.15. The Labute approximate surface area is 180 Å². The van der Waals surface area contributed by atoms with Crippen molar-refractivity contribution in [2.75, 3.05) is 33.4 Å². The highest BCUT2D eigenvalue weighted by Crippen LogP contribution is 2.25. The Morgan fingerprint density at radius 3 is 2.60 bits per heavy atom. The van der Waals surface area contributed by atoms with Gasteiger partial charge in [0.25, 0.3) is 0 Å². The lowest BCUT2D eigenvalue weighted by atomic mass is 10.1. The van der Waals surface area contributed by atoms with Crippen LogP contribution in [0.5, 0.6) is 11.5 Å². The lowest BCUT2D eigenvalue weighted by Crippen LogP contribution is -2.37. The number of aliphatic hydroxyl groups is 1. The molecule has 3 rings (SSSR count). The second-order valence-electron chi connectivity index (χ2n) is 8.06. The molecule has 0 bridgehead atoms. The number of nitrogens with one attached hydrogen (secondary N) is 1. The number of ether oxygens (including phenoxy) is 2. The smallest absolute Gasteiger partial charge is 0.127 e. The number of hydrogen-bond acceptors (Lipinski definition) is 6. The molecule has 1 aromatic heterocycles. The Bertz CT molecular complexity index is 757. The minimum Gasteiger partial charge on any atom is -0.497 e. The van der Waals surface area contributed by atoms with Crippen molar-refractivity contribution < 1.29 is 14.6 Å². The van der Waals surface area contributed by atoms with Gasteiger partial charge in [-0.15, -0.1) is 0 Å². The van der Waals surface area contributed by atoms with Gasteiger partial charge in [-0.25, -0.2) is 4.98 Å². The van der Waals surface area contributed by atoms with Gasteiger partial charge in [-0.3, -0.25) is 0 Å². The Kier molecular flexibility index (Phi) is 8.99. The number of rotatable bonds is 10. The van der Waals surface area contributed by atoms with Crippen molar-refractivity contribution in [3.63, 3.8) is 0 Å². The summed E-state index contributed by atoms with van der Waals surface area (Å²) < 4.78 is 13.4. The molecular weight excluding hydrogens is 380 g/mol. The molecule has 0 aliphatic carbocycles. The van der Waals surface area contributed by atoms with E-state index in [2.05, 4.69) is 15.2 Å². The molecule has 7 nitrogen and oxygen atoms in total. The zero-order valence-corrected chi connectivity index (χ0v) is 18.3. The highest BCUT2D eigenvalue weighted by molar-refractivity contribution is 5.40. The molecule has 0 amide bonds. The normalized spacial score (nSPS) is 16.6. The molecule has 166 valence electrons. The van der Waals surface area contributed by atoms with E-state index < -0.39 is 6.10 Å². The van der Waals surface area contributed by atoms with Gasteiger partial charge in [0.05, 0.1) is 13.7 Å². The number of aromatic nitrogens is 2. The van der Waals surface area contributed by atoms with Crippen molar-refractivity contribution in [2.24, 2.45) is 7.05 Å². The number of aryl methyl sites for hydroxylation is 1. The molecule has 1 fully saturated rings. The van der Waals surface area contributed by atoms with Crippen LogP contribution in [0.25, 0.3) is 0 Å². The average Bonchev–Trinajstić information content (AvgIpc) is 3.13. The maximum Gasteiger partial charge on any atom is 0.127 e. The number of hydrogen-bond donors (Lipinski definition) is 2. The third-order valence-corrected chi connectivity index (χ3v) is 5.64. The van der Waals surface area contributed by atoms with Gasteiger partial charge in [-0.1, -0.05) is 25.3 Å². The fraction of sp³-hybridized carbons (Fsp3) is 0.609. The maximum absolute atomic E-state index is 10.5. The van der Waals surface area contributed by atoms with Crippen LogP contribution in [0.2, 0.25) is 0 Å². The van der Waals surface area contributed by atoms with Crippen LogP contribution in [-0.2, 0) is 20.1 Å². The molecule has 1 aliphatic rings. The zero-order valence-electron chi connectivity index (χ0n) is 18.3. The first kappa shape index (κ1) is 22.6. The Hall–Kier alpha value is -2.09. The molecule has 0 radical (unpaired) electrons. The molecule has 0 spiro atoms. The predicted octanol–water partition coefficient (Wildman–Crippen LogP) is 2.72. The topological polar surface area (TPSA) is 71.8 Å². The Morgan fingerprint density at radius 2 is 1.90 bits per heavy atom. The molecule has 1 unspecified atom stereocenters. The first-order valence-electron chi connectivity index (χ1n) is 11.0. The minimum absolute atomic E-state index is 0.274. The summed E-state index contributed by atoms with van der Waals surface area (Å²) in [7, 11) is 3.63. The number of likely N-dealkylation sites (tertiary alicyclic amines) is 1. The SMILES string of the molecule is COc1ccc(CNCc2nccn2C)c(OCC(O)CN2CCCCCCC2)c1. The van der Waals surface area contributed by atoms with E-state index >= 15 is 0 Å². The van der Waals surface area contributed by atoms with Gasteiger partial charge in [-0.2, -0.15) is 0 Å². The van der Waals surface area contributed by atoms with Crippen LogP contribution in [0.1, 0.15) is 43.5 Å². The third kappa shape index (κ3) is 7.00. The third-order valence-electron chi connectivity index (χ3n) is 5.64. The lowest BCUT2D eigenvalue weighted by Gasteiger charge is -2.27. The van der Waals surface area contributed by atoms with Crippen molar-refractivity contribution in [3.8, 4) is 11.5 Å². The summed E-state index contributed by atoms with van der Waals surface area (Å²) in [6, 6.07) is 5.83. The minimum atomic E-state index is -0.510. The van der Waals surface area contributed by atoms with Gasteiger partial charge in [0, 0.05) is 44.2 Å². The van der Waals surface area contributed by atoms with Gasteiger partial charge in [0.15, 0.2) is 0 Å². The van der Waals surface area contributed by atoms with Crippen LogP contribution in [0.15, 0.2) is 30.6 Å². The summed E-state index contributed by atoms with van der Waals surface area (Å²) in [5.41, 5.74) is 1.03. The summed E-state index contributed by atoms with van der Waals surface area (Å²) in [5, 5.41) is 14.0. The van der Waals surface area contributed by atoms with Crippen LogP contribution in [0.4, 0.5) is 0 Å². The van der Waals surface area contributed by atoms with Gasteiger partial charge in [-0.05, 0) is 32.0 Å². The molecule has 1 atom stereocenters. The van der Waals surface area contributed by atoms with Gasteiger partial charge in [0.2, 0.25) is 0 Å². The Morgan fingerprint density at radius 1 is 1.13 bits per heavy atom. The van der Waals surface area contributed by atoms with Crippen LogP contribution < -0.4 is 14.8 Å². The first-order chi connectivity index (χ1) is 14.7. The molecule has 2 N–H and O–H groups in total. The maximum atomic E-state index is 10.5. The number of aliphatic hydroxyl groups excluding tert-OH is 1. The molecule has 30 heavy (non-hydrogen) atoms.